The van der Waals surface area contributed by atoms with Crippen molar-refractivity contribution >= 4 is 33.5 Å². The number of hydrogen-bond donors (Lipinski definition) is 2. The second kappa shape index (κ2) is 11.9. The first-order chi connectivity index (χ1) is 21.8. The Labute approximate surface area is 261 Å². The molecule has 6 rings (SSSR count). The van der Waals surface area contributed by atoms with Gasteiger partial charge in [0.15, 0.2) is 0 Å². The van der Waals surface area contributed by atoms with Crippen LogP contribution in [0.25, 0.3) is 21.5 Å². The molecular weight excluding hydrogens is 556 g/mol. The summed E-state index contributed by atoms with van der Waals surface area (Å²) in [5.74, 6) is 10.3. The molecule has 4 heteroatoms. The van der Waals surface area contributed by atoms with E-state index in [0.29, 0.717) is 22.3 Å². The van der Waals surface area contributed by atoms with Gasteiger partial charge in [0.25, 0.3) is 0 Å². The summed E-state index contributed by atoms with van der Waals surface area (Å²) in [6.45, 7) is 3.67. The Balaban J connectivity index is 1.47. The Morgan fingerprint density at radius 3 is 1.22 bits per heavy atom. The zero-order chi connectivity index (χ0) is 31.6. The zero-order valence-electron chi connectivity index (χ0n) is 24.8. The zero-order valence-corrected chi connectivity index (χ0v) is 24.8. The van der Waals surface area contributed by atoms with Crippen LogP contribution in [0.2, 0.25) is 0 Å². The molecule has 216 valence electrons. The van der Waals surface area contributed by atoms with E-state index >= 15 is 0 Å². The van der Waals surface area contributed by atoms with Crippen LogP contribution in [0, 0.1) is 23.7 Å². The highest BCUT2D eigenvalue weighted by Crippen LogP contribution is 2.38. The Hall–Kier alpha value is -6.10. The lowest BCUT2D eigenvalue weighted by Crippen LogP contribution is -2.26. The van der Waals surface area contributed by atoms with Crippen LogP contribution in [0.1, 0.15) is 67.9 Å². The first kappa shape index (κ1) is 29.0. The highest BCUT2D eigenvalue weighted by atomic mass is 16.4. The minimum absolute atomic E-state index is 0.0406. The standard InChI is InChI=1S/C41H28O4/c1-41(2,35-21-9-17-31(37(35)39(42)43)25-23-29-15-7-13-27-11-3-5-19-33(27)29)36-22-10-18-32(38(36)40(44)45)26-24-30-16-8-14-28-12-4-6-20-34(28)30/h3-22H,1-2H3,(H,42,43)(H,44,45). The molecule has 0 atom stereocenters. The van der Waals surface area contributed by atoms with E-state index in [2.05, 4.69) is 23.7 Å². The van der Waals surface area contributed by atoms with Crippen LogP contribution in [0.15, 0.2) is 121 Å². The maximum atomic E-state index is 12.8. The van der Waals surface area contributed by atoms with Crippen LogP contribution in [-0.4, -0.2) is 22.2 Å². The predicted octanol–water partition coefficient (Wildman–Crippen LogP) is 8.51. The second-order valence-corrected chi connectivity index (χ2v) is 11.2. The van der Waals surface area contributed by atoms with E-state index in [1.807, 2.05) is 98.8 Å². The summed E-state index contributed by atoms with van der Waals surface area (Å²) in [7, 11) is 0. The van der Waals surface area contributed by atoms with Gasteiger partial charge in [-0.2, -0.15) is 0 Å². The third-order valence-corrected chi connectivity index (χ3v) is 8.15. The van der Waals surface area contributed by atoms with Crippen molar-refractivity contribution in [3.8, 4) is 23.7 Å². The van der Waals surface area contributed by atoms with Crippen molar-refractivity contribution in [1.82, 2.24) is 0 Å². The average molecular weight is 585 g/mol. The number of carboxylic acid groups (broad SMARTS) is 2. The van der Waals surface area contributed by atoms with Crippen molar-refractivity contribution < 1.29 is 19.8 Å². The van der Waals surface area contributed by atoms with Gasteiger partial charge in [-0.1, -0.05) is 135 Å². The van der Waals surface area contributed by atoms with E-state index in [1.54, 1.807) is 36.4 Å². The number of benzene rings is 6. The van der Waals surface area contributed by atoms with Crippen molar-refractivity contribution in [2.24, 2.45) is 0 Å². The van der Waals surface area contributed by atoms with Crippen LogP contribution >= 0.6 is 0 Å². The van der Waals surface area contributed by atoms with Gasteiger partial charge in [-0.25, -0.2) is 9.59 Å². The van der Waals surface area contributed by atoms with Crippen LogP contribution in [-0.2, 0) is 5.41 Å². The lowest BCUT2D eigenvalue weighted by Gasteiger charge is -2.30. The van der Waals surface area contributed by atoms with Gasteiger partial charge in [0.2, 0.25) is 0 Å². The maximum absolute atomic E-state index is 12.8. The van der Waals surface area contributed by atoms with Crippen LogP contribution < -0.4 is 0 Å². The lowest BCUT2D eigenvalue weighted by atomic mass is 9.72. The average Bonchev–Trinajstić information content (AvgIpc) is 3.05. The van der Waals surface area contributed by atoms with Gasteiger partial charge in [0.1, 0.15) is 0 Å². The molecule has 6 aromatic carbocycles. The molecule has 0 aliphatic heterocycles. The van der Waals surface area contributed by atoms with Crippen molar-refractivity contribution in [1.29, 1.82) is 0 Å². The van der Waals surface area contributed by atoms with Gasteiger partial charge in [-0.15, -0.1) is 0 Å². The summed E-state index contributed by atoms with van der Waals surface area (Å²) in [5, 5.41) is 24.9. The fourth-order valence-electron chi connectivity index (χ4n) is 5.90. The number of rotatable bonds is 4. The van der Waals surface area contributed by atoms with Crippen LogP contribution in [0.3, 0.4) is 0 Å². The maximum Gasteiger partial charge on any atom is 0.337 e. The third kappa shape index (κ3) is 5.54. The Morgan fingerprint density at radius 1 is 0.467 bits per heavy atom. The van der Waals surface area contributed by atoms with Gasteiger partial charge in [-0.3, -0.25) is 0 Å². The summed E-state index contributed by atoms with van der Waals surface area (Å²) in [6, 6.07) is 37.8. The molecule has 0 saturated heterocycles. The molecule has 0 aliphatic rings. The fourth-order valence-corrected chi connectivity index (χ4v) is 5.90. The molecule has 0 spiro atoms. The van der Waals surface area contributed by atoms with Crippen LogP contribution in [0.4, 0.5) is 0 Å². The number of fused-ring (bicyclic) bond motifs is 2. The lowest BCUT2D eigenvalue weighted by molar-refractivity contribution is 0.0686. The molecule has 45 heavy (non-hydrogen) atoms. The Kier molecular flexibility index (Phi) is 7.66. The molecule has 0 radical (unpaired) electrons. The topological polar surface area (TPSA) is 74.6 Å². The number of aromatic carboxylic acids is 2. The van der Waals surface area contributed by atoms with Crippen molar-refractivity contribution in [2.45, 2.75) is 19.3 Å². The van der Waals surface area contributed by atoms with E-state index in [-0.39, 0.29) is 11.1 Å². The molecule has 0 saturated carbocycles. The van der Waals surface area contributed by atoms with Gasteiger partial charge >= 0.3 is 11.9 Å². The summed E-state index contributed by atoms with van der Waals surface area (Å²) >= 11 is 0. The molecule has 0 aliphatic carbocycles. The molecule has 0 fully saturated rings. The van der Waals surface area contributed by atoms with Crippen molar-refractivity contribution in [3.63, 3.8) is 0 Å². The first-order valence-corrected chi connectivity index (χ1v) is 14.5. The largest absolute Gasteiger partial charge is 0.478 e. The molecule has 4 nitrogen and oxygen atoms in total. The minimum atomic E-state index is -1.13. The van der Waals surface area contributed by atoms with Crippen molar-refractivity contribution in [3.05, 3.63) is 166 Å². The summed E-state index contributed by atoms with van der Waals surface area (Å²) < 4.78 is 0. The molecule has 0 aromatic heterocycles. The molecule has 0 heterocycles. The molecule has 0 unspecified atom stereocenters. The molecule has 2 N–H and O–H groups in total. The smallest absolute Gasteiger partial charge is 0.337 e. The molecule has 0 bridgehead atoms. The Morgan fingerprint density at radius 2 is 0.800 bits per heavy atom. The van der Waals surface area contributed by atoms with E-state index in [1.165, 1.54) is 0 Å². The summed E-state index contributed by atoms with van der Waals surface area (Å²) in [6.07, 6.45) is 0. The number of hydrogen-bond acceptors (Lipinski definition) is 2. The monoisotopic (exact) mass is 584 g/mol. The Bertz CT molecular complexity index is 2100. The third-order valence-electron chi connectivity index (χ3n) is 8.15. The van der Waals surface area contributed by atoms with Gasteiger partial charge in [0.05, 0.1) is 11.1 Å². The minimum Gasteiger partial charge on any atom is -0.478 e. The van der Waals surface area contributed by atoms with E-state index < -0.39 is 17.4 Å². The summed E-state index contributed by atoms with van der Waals surface area (Å²) in [4.78, 5) is 25.6. The van der Waals surface area contributed by atoms with Crippen LogP contribution in [0.5, 0.6) is 0 Å². The van der Waals surface area contributed by atoms with Gasteiger partial charge < -0.3 is 10.2 Å². The van der Waals surface area contributed by atoms with E-state index in [0.717, 1.165) is 32.7 Å². The molecule has 6 aromatic rings. The molecule has 0 amide bonds. The van der Waals surface area contributed by atoms with Gasteiger partial charge in [-0.05, 0) is 56.9 Å². The SMILES string of the molecule is CC(C)(c1cccc(C#Cc2cccc3ccccc23)c1C(=O)O)c1cccc(C#Cc2cccc3ccccc23)c1C(=O)O. The quantitative estimate of drug-likeness (QED) is 0.204. The van der Waals surface area contributed by atoms with E-state index in [9.17, 15) is 19.8 Å². The van der Waals surface area contributed by atoms with Gasteiger partial charge in [0, 0.05) is 27.7 Å². The number of carboxylic acids is 2. The predicted molar refractivity (Wildman–Crippen MR) is 179 cm³/mol. The fraction of sp³-hybridized carbons (Fsp3) is 0.0732. The molecular formula is C41H28O4. The number of carbonyl (C=O) groups is 2. The van der Waals surface area contributed by atoms with Crippen molar-refractivity contribution in [2.75, 3.05) is 0 Å². The highest BCUT2D eigenvalue weighted by molar-refractivity contribution is 5.96. The summed E-state index contributed by atoms with van der Waals surface area (Å²) in [5.41, 5.74) is 2.27. The van der Waals surface area contributed by atoms with E-state index in [4.69, 9.17) is 0 Å². The normalized spacial score (nSPS) is 10.9. The first-order valence-electron chi connectivity index (χ1n) is 14.5. The highest BCUT2D eigenvalue weighted by Gasteiger charge is 2.33. The second-order valence-electron chi connectivity index (χ2n) is 11.2.